The molecule has 0 aromatic heterocycles. The monoisotopic (exact) mass is 326 g/mol. The highest BCUT2D eigenvalue weighted by atomic mass is 16.5. The molecule has 1 heterocycles. The predicted octanol–water partition coefficient (Wildman–Crippen LogP) is 4.01. The third kappa shape index (κ3) is 3.67. The fourth-order valence-corrected chi connectivity index (χ4v) is 4.02. The number of hydrogen-bond acceptors (Lipinski definition) is 3. The van der Waals surface area contributed by atoms with Crippen molar-refractivity contribution in [2.45, 2.75) is 64.6 Å². The molecule has 1 saturated heterocycles. The molecule has 3 nitrogen and oxygen atoms in total. The second kappa shape index (κ2) is 6.64. The number of benzene rings is 1. The van der Waals surface area contributed by atoms with Crippen LogP contribution in [0.15, 0.2) is 42.2 Å². The maximum Gasteiger partial charge on any atom is 0.0919 e. The molecule has 0 amide bonds. The van der Waals surface area contributed by atoms with Crippen molar-refractivity contribution >= 4 is 5.57 Å². The molecule has 2 atom stereocenters. The molecule has 24 heavy (non-hydrogen) atoms. The summed E-state index contributed by atoms with van der Waals surface area (Å²) in [7, 11) is 0. The van der Waals surface area contributed by atoms with Gasteiger partial charge in [0, 0.05) is 18.7 Å². The molecule has 3 heteroatoms. The van der Waals surface area contributed by atoms with Crippen molar-refractivity contribution in [1.29, 1.82) is 0 Å². The maximum atomic E-state index is 5.79. The van der Waals surface area contributed by atoms with Crippen molar-refractivity contribution in [2.24, 2.45) is 0 Å². The van der Waals surface area contributed by atoms with E-state index in [-0.39, 0.29) is 11.6 Å². The number of hydrogen-bond donors (Lipinski definition) is 2. The fraction of sp³-hybridized carbons (Fsp3) is 0.524. The van der Waals surface area contributed by atoms with Crippen LogP contribution < -0.4 is 10.6 Å². The molecule has 0 saturated carbocycles. The molecular formula is C21H30N2O. The van der Waals surface area contributed by atoms with Gasteiger partial charge in [-0.2, -0.15) is 0 Å². The van der Waals surface area contributed by atoms with E-state index < -0.39 is 0 Å². The van der Waals surface area contributed by atoms with E-state index in [1.165, 1.54) is 22.3 Å². The van der Waals surface area contributed by atoms with E-state index in [4.69, 9.17) is 4.74 Å². The lowest BCUT2D eigenvalue weighted by molar-refractivity contribution is -0.0618. The van der Waals surface area contributed by atoms with Crippen molar-refractivity contribution in [3.8, 4) is 0 Å². The van der Waals surface area contributed by atoms with Crippen LogP contribution in [0.2, 0.25) is 0 Å². The Morgan fingerprint density at radius 2 is 2.08 bits per heavy atom. The van der Waals surface area contributed by atoms with Crippen LogP contribution in [0.25, 0.3) is 5.57 Å². The standard InChI is InChI=1S/C21H30N2O/c1-14-19-9-7-6-8-17(19)12-20(14)15(2)22-16(3)23-18-10-11-24-21(4,5)13-18/h6-9,15,18,22-23H,3,10-13H2,1-2,4-5H3. The Hall–Kier alpha value is -1.74. The molecule has 1 aromatic rings. The number of fused-ring (bicyclic) bond motifs is 1. The zero-order valence-electron chi connectivity index (χ0n) is 15.4. The SMILES string of the molecule is C=C(NC1CCOC(C)(C)C1)NC(C)C1=C(C)c2ccccc2C1. The van der Waals surface area contributed by atoms with Gasteiger partial charge in [0.15, 0.2) is 0 Å². The van der Waals surface area contributed by atoms with Gasteiger partial charge in [-0.3, -0.25) is 0 Å². The summed E-state index contributed by atoms with van der Waals surface area (Å²) in [5.74, 6) is 0.918. The summed E-state index contributed by atoms with van der Waals surface area (Å²) in [6, 6.07) is 9.41. The van der Waals surface area contributed by atoms with E-state index in [1.54, 1.807) is 0 Å². The Kier molecular flexibility index (Phi) is 4.73. The van der Waals surface area contributed by atoms with Crippen LogP contribution in [0.5, 0.6) is 0 Å². The van der Waals surface area contributed by atoms with E-state index in [0.29, 0.717) is 6.04 Å². The van der Waals surface area contributed by atoms with Crippen molar-refractivity contribution in [3.05, 3.63) is 53.4 Å². The van der Waals surface area contributed by atoms with Crippen LogP contribution in [0.4, 0.5) is 0 Å². The third-order valence-electron chi connectivity index (χ3n) is 5.27. The van der Waals surface area contributed by atoms with Crippen LogP contribution in [0, 0.1) is 0 Å². The second-order valence-corrected chi connectivity index (χ2v) is 7.77. The summed E-state index contributed by atoms with van der Waals surface area (Å²) in [4.78, 5) is 0. The highest BCUT2D eigenvalue weighted by Gasteiger charge is 2.29. The Morgan fingerprint density at radius 1 is 1.33 bits per heavy atom. The van der Waals surface area contributed by atoms with Gasteiger partial charge >= 0.3 is 0 Å². The van der Waals surface area contributed by atoms with Crippen LogP contribution in [0.1, 0.15) is 51.7 Å². The minimum atomic E-state index is -0.0476. The average Bonchev–Trinajstić information content (AvgIpc) is 2.84. The highest BCUT2D eigenvalue weighted by molar-refractivity contribution is 5.75. The normalized spacial score (nSPS) is 23.6. The van der Waals surface area contributed by atoms with Crippen molar-refractivity contribution in [1.82, 2.24) is 10.6 Å². The molecule has 1 aliphatic carbocycles. The minimum absolute atomic E-state index is 0.0476. The van der Waals surface area contributed by atoms with Gasteiger partial charge in [-0.25, -0.2) is 0 Å². The first-order chi connectivity index (χ1) is 11.4. The van der Waals surface area contributed by atoms with Gasteiger partial charge in [0.2, 0.25) is 0 Å². The first kappa shape index (κ1) is 17.1. The molecule has 1 aromatic carbocycles. The summed E-state index contributed by atoms with van der Waals surface area (Å²) in [5.41, 5.74) is 5.65. The summed E-state index contributed by atoms with van der Waals surface area (Å²) in [6.45, 7) is 13.8. The lowest BCUT2D eigenvalue weighted by Gasteiger charge is -2.37. The van der Waals surface area contributed by atoms with Crippen LogP contribution in [-0.2, 0) is 11.2 Å². The first-order valence-corrected chi connectivity index (χ1v) is 8.99. The first-order valence-electron chi connectivity index (χ1n) is 8.99. The highest BCUT2D eigenvalue weighted by Crippen LogP contribution is 2.34. The Labute approximate surface area is 146 Å². The smallest absolute Gasteiger partial charge is 0.0919 e. The largest absolute Gasteiger partial charge is 0.375 e. The van der Waals surface area contributed by atoms with E-state index in [9.17, 15) is 0 Å². The number of allylic oxidation sites excluding steroid dienone is 1. The molecule has 1 fully saturated rings. The van der Waals surface area contributed by atoms with Gasteiger partial charge in [-0.15, -0.1) is 0 Å². The zero-order valence-corrected chi connectivity index (χ0v) is 15.4. The topological polar surface area (TPSA) is 33.3 Å². The second-order valence-electron chi connectivity index (χ2n) is 7.77. The van der Waals surface area contributed by atoms with Crippen LogP contribution >= 0.6 is 0 Å². The zero-order chi connectivity index (χ0) is 17.3. The number of nitrogens with one attached hydrogen (secondary N) is 2. The lowest BCUT2D eigenvalue weighted by atomic mass is 9.94. The predicted molar refractivity (Wildman–Crippen MR) is 101 cm³/mol. The summed E-state index contributed by atoms with van der Waals surface area (Å²) >= 11 is 0. The van der Waals surface area contributed by atoms with Crippen LogP contribution in [-0.4, -0.2) is 24.3 Å². The summed E-state index contributed by atoms with van der Waals surface area (Å²) < 4.78 is 5.79. The molecule has 2 unspecified atom stereocenters. The molecule has 2 N–H and O–H groups in total. The van der Waals surface area contributed by atoms with Gasteiger partial charge in [0.05, 0.1) is 11.4 Å². The van der Waals surface area contributed by atoms with E-state index in [1.807, 2.05) is 0 Å². The van der Waals surface area contributed by atoms with Crippen LogP contribution in [0.3, 0.4) is 0 Å². The Bertz CT molecular complexity index is 660. The summed E-state index contributed by atoms with van der Waals surface area (Å²) in [6.07, 6.45) is 3.08. The van der Waals surface area contributed by atoms with Gasteiger partial charge in [0.1, 0.15) is 0 Å². The Balaban J connectivity index is 1.58. The molecule has 1 aliphatic heterocycles. The van der Waals surface area contributed by atoms with Crippen molar-refractivity contribution < 1.29 is 4.74 Å². The van der Waals surface area contributed by atoms with E-state index >= 15 is 0 Å². The molecule has 3 rings (SSSR count). The molecule has 2 aliphatic rings. The van der Waals surface area contributed by atoms with Gasteiger partial charge < -0.3 is 15.4 Å². The molecule has 0 bridgehead atoms. The maximum absolute atomic E-state index is 5.79. The third-order valence-corrected chi connectivity index (χ3v) is 5.27. The Morgan fingerprint density at radius 3 is 2.79 bits per heavy atom. The molecule has 0 spiro atoms. The van der Waals surface area contributed by atoms with Gasteiger partial charge in [0.25, 0.3) is 0 Å². The van der Waals surface area contributed by atoms with E-state index in [0.717, 1.165) is 31.7 Å². The van der Waals surface area contributed by atoms with E-state index in [2.05, 4.69) is 69.2 Å². The molecular weight excluding hydrogens is 296 g/mol. The quantitative estimate of drug-likeness (QED) is 0.857. The van der Waals surface area contributed by atoms with Crippen molar-refractivity contribution in [2.75, 3.05) is 6.61 Å². The lowest BCUT2D eigenvalue weighted by Crippen LogP contribution is -2.46. The van der Waals surface area contributed by atoms with Crippen molar-refractivity contribution in [3.63, 3.8) is 0 Å². The number of ether oxygens (including phenoxy) is 1. The molecule has 0 radical (unpaired) electrons. The summed E-state index contributed by atoms with van der Waals surface area (Å²) in [5, 5.41) is 7.11. The molecule has 130 valence electrons. The minimum Gasteiger partial charge on any atom is -0.375 e. The van der Waals surface area contributed by atoms with Gasteiger partial charge in [-0.05, 0) is 69.2 Å². The van der Waals surface area contributed by atoms with Gasteiger partial charge in [-0.1, -0.05) is 30.8 Å². The number of rotatable bonds is 5. The fourth-order valence-electron chi connectivity index (χ4n) is 4.02. The average molecular weight is 326 g/mol.